The van der Waals surface area contributed by atoms with Crippen molar-refractivity contribution in [3.05, 3.63) is 60.2 Å². The fraction of sp³-hybridized carbons (Fsp3) is 0.737. The van der Waals surface area contributed by atoms with Crippen molar-refractivity contribution in [2.45, 2.75) is 140 Å². The van der Waals surface area contributed by atoms with Crippen LogP contribution in [0.4, 0.5) is 0 Å². The van der Waals surface area contributed by atoms with Crippen molar-refractivity contribution in [3.63, 3.8) is 0 Å². The number of hydrogen-bond donors (Lipinski definition) is 1. The van der Waals surface area contributed by atoms with Gasteiger partial charge < -0.3 is 33.5 Å². The first kappa shape index (κ1) is 34.7. The van der Waals surface area contributed by atoms with Gasteiger partial charge in [0.1, 0.15) is 0 Å². The highest BCUT2D eigenvalue weighted by Gasteiger charge is 2.45. The van der Waals surface area contributed by atoms with Crippen LogP contribution in [0.25, 0.3) is 0 Å². The minimum atomic E-state index is -0.153. The molecule has 0 bridgehead atoms. The molecule has 252 valence electrons. The molecule has 45 heavy (non-hydrogen) atoms. The van der Waals surface area contributed by atoms with Gasteiger partial charge in [-0.1, -0.05) is 54.6 Å². The van der Waals surface area contributed by atoms with Gasteiger partial charge in [0.05, 0.1) is 18.3 Å². The Bertz CT molecular complexity index is 966. The predicted molar refractivity (Wildman–Crippen MR) is 176 cm³/mol. The van der Waals surface area contributed by atoms with Crippen molar-refractivity contribution >= 4 is 0 Å². The lowest BCUT2D eigenvalue weighted by molar-refractivity contribution is -0.203. The molecule has 7 nitrogen and oxygen atoms in total. The lowest BCUT2D eigenvalue weighted by atomic mass is 9.89. The van der Waals surface area contributed by atoms with Crippen molar-refractivity contribution in [1.82, 2.24) is 0 Å². The molecule has 3 heterocycles. The summed E-state index contributed by atoms with van der Waals surface area (Å²) in [6.07, 6.45) is 24.9. The third-order valence-corrected chi connectivity index (χ3v) is 9.72. The Balaban J connectivity index is 1.34. The van der Waals surface area contributed by atoms with Crippen LogP contribution in [0.3, 0.4) is 0 Å². The molecule has 0 amide bonds. The molecule has 7 heteroatoms. The highest BCUT2D eigenvalue weighted by Crippen LogP contribution is 2.42. The summed E-state index contributed by atoms with van der Waals surface area (Å²) in [6, 6.07) is 10.7. The summed E-state index contributed by atoms with van der Waals surface area (Å²) in [4.78, 5) is 0. The minimum Gasteiger partial charge on any atom is -0.396 e. The van der Waals surface area contributed by atoms with Crippen molar-refractivity contribution in [1.29, 1.82) is 0 Å². The number of aliphatic hydroxyl groups excluding tert-OH is 1. The Hall–Kier alpha value is -1.58. The van der Waals surface area contributed by atoms with E-state index in [9.17, 15) is 5.11 Å². The van der Waals surface area contributed by atoms with E-state index < -0.39 is 0 Å². The smallest absolute Gasteiger partial charge is 0.158 e. The summed E-state index contributed by atoms with van der Waals surface area (Å²) in [7, 11) is 0. The number of unbranched alkanes of at least 4 members (excludes halogenated alkanes) is 2. The fourth-order valence-electron chi connectivity index (χ4n) is 7.16. The Morgan fingerprint density at radius 3 is 2.09 bits per heavy atom. The summed E-state index contributed by atoms with van der Waals surface area (Å²) in [6.45, 7) is 2.57. The number of ether oxygens (including phenoxy) is 6. The van der Waals surface area contributed by atoms with Crippen LogP contribution in [0, 0.1) is 11.8 Å². The maximum atomic E-state index is 9.19. The van der Waals surface area contributed by atoms with Gasteiger partial charge in [-0.2, -0.15) is 0 Å². The molecule has 1 N–H and O–H groups in total. The van der Waals surface area contributed by atoms with Gasteiger partial charge >= 0.3 is 0 Å². The summed E-state index contributed by atoms with van der Waals surface area (Å²) in [5, 5.41) is 9.19. The minimum absolute atomic E-state index is 0.00596. The second-order valence-corrected chi connectivity index (χ2v) is 13.2. The molecule has 3 aliphatic heterocycles. The molecule has 0 aromatic heterocycles. The molecular formula is C38H58O7. The van der Waals surface area contributed by atoms with Crippen molar-refractivity contribution in [3.8, 4) is 0 Å². The van der Waals surface area contributed by atoms with Crippen molar-refractivity contribution < 1.29 is 33.5 Å². The molecule has 0 spiro atoms. The molecule has 8 atom stereocenters. The first-order chi connectivity index (χ1) is 22.3. The van der Waals surface area contributed by atoms with Crippen LogP contribution in [0.1, 0.15) is 102 Å². The zero-order valence-electron chi connectivity index (χ0n) is 27.4. The maximum Gasteiger partial charge on any atom is 0.158 e. The van der Waals surface area contributed by atoms with Crippen LogP contribution in [0.15, 0.2) is 54.6 Å². The molecule has 5 rings (SSSR count). The van der Waals surface area contributed by atoms with E-state index in [1.807, 2.05) is 0 Å². The molecule has 4 unspecified atom stereocenters. The Morgan fingerprint density at radius 2 is 1.44 bits per heavy atom. The molecule has 4 fully saturated rings. The van der Waals surface area contributed by atoms with Crippen LogP contribution in [0.5, 0.6) is 0 Å². The Kier molecular flexibility index (Phi) is 15.4. The zero-order chi connectivity index (χ0) is 30.9. The van der Waals surface area contributed by atoms with Gasteiger partial charge in [-0.05, 0) is 108 Å². The van der Waals surface area contributed by atoms with Gasteiger partial charge in [-0.25, -0.2) is 0 Å². The first-order valence-corrected chi connectivity index (χ1v) is 18.1. The SMILES string of the molecule is OCCCCC=CC[C@@H]1[C@@H](C=CC(CCc2ccccc2)OC2CCCCO2)[C@H](OC2CCCCO2)C[C@@H]1OC1CCCCO1. The monoisotopic (exact) mass is 626 g/mol. The average Bonchev–Trinajstić information content (AvgIpc) is 3.40. The summed E-state index contributed by atoms with van der Waals surface area (Å²) < 4.78 is 38.3. The molecule has 1 aliphatic carbocycles. The molecule has 3 saturated heterocycles. The highest BCUT2D eigenvalue weighted by molar-refractivity contribution is 5.15. The van der Waals surface area contributed by atoms with E-state index in [0.717, 1.165) is 123 Å². The first-order valence-electron chi connectivity index (χ1n) is 18.1. The number of benzene rings is 1. The van der Waals surface area contributed by atoms with E-state index in [0.29, 0.717) is 0 Å². The topological polar surface area (TPSA) is 75.6 Å². The number of aryl methyl sites for hydroxylation is 1. The molecule has 0 radical (unpaired) electrons. The zero-order valence-corrected chi connectivity index (χ0v) is 27.4. The Labute approximate surface area is 271 Å². The second-order valence-electron chi connectivity index (χ2n) is 13.2. The van der Waals surface area contributed by atoms with Gasteiger partial charge in [-0.15, -0.1) is 0 Å². The maximum absolute atomic E-state index is 9.19. The Morgan fingerprint density at radius 1 is 0.778 bits per heavy atom. The summed E-state index contributed by atoms with van der Waals surface area (Å²) >= 11 is 0. The molecular weight excluding hydrogens is 568 g/mol. The second kappa shape index (κ2) is 19.9. The normalized spacial score (nSPS) is 32.0. The standard InChI is InChI=1S/C38H58O7/c39-25-11-3-1-2-7-17-32-33(24-23-31(43-36-18-8-12-26-40-36)22-21-30-15-5-4-6-16-30)35(45-38-20-10-14-28-42-38)29-34(32)44-37-19-9-13-27-41-37/h2,4-7,15-16,23-24,31-39H,1,3,8-14,17-22,25-29H2/t31?,32-,33-,34+,35-,36?,37?,38?/m1/s1. The van der Waals surface area contributed by atoms with Crippen LogP contribution >= 0.6 is 0 Å². The summed E-state index contributed by atoms with van der Waals surface area (Å²) in [5.41, 5.74) is 1.32. The van der Waals surface area contributed by atoms with Gasteiger partial charge in [-0.3, -0.25) is 0 Å². The van der Waals surface area contributed by atoms with Gasteiger partial charge in [0.15, 0.2) is 18.9 Å². The molecule has 4 aliphatic rings. The fourth-order valence-corrected chi connectivity index (χ4v) is 7.16. The van der Waals surface area contributed by atoms with Crippen molar-refractivity contribution in [2.24, 2.45) is 11.8 Å². The number of aliphatic hydroxyl groups is 1. The van der Waals surface area contributed by atoms with E-state index in [1.54, 1.807) is 0 Å². The van der Waals surface area contributed by atoms with Crippen LogP contribution in [-0.4, -0.2) is 68.7 Å². The number of allylic oxidation sites excluding steroid dienone is 2. The van der Waals surface area contributed by atoms with E-state index in [-0.39, 0.29) is 55.6 Å². The average molecular weight is 627 g/mol. The quantitative estimate of drug-likeness (QED) is 0.141. The van der Waals surface area contributed by atoms with Gasteiger partial charge in [0.2, 0.25) is 0 Å². The van der Waals surface area contributed by atoms with E-state index in [2.05, 4.69) is 54.6 Å². The van der Waals surface area contributed by atoms with Crippen LogP contribution in [0.2, 0.25) is 0 Å². The largest absolute Gasteiger partial charge is 0.396 e. The van der Waals surface area contributed by atoms with Gasteiger partial charge in [0.25, 0.3) is 0 Å². The predicted octanol–water partition coefficient (Wildman–Crippen LogP) is 7.66. The van der Waals surface area contributed by atoms with E-state index in [4.69, 9.17) is 28.4 Å². The third kappa shape index (κ3) is 11.9. The number of hydrogen-bond acceptors (Lipinski definition) is 7. The molecule has 1 aromatic carbocycles. The van der Waals surface area contributed by atoms with E-state index in [1.165, 1.54) is 5.56 Å². The lowest BCUT2D eigenvalue weighted by Gasteiger charge is -2.30. The lowest BCUT2D eigenvalue weighted by Crippen LogP contribution is -2.31. The molecule has 1 saturated carbocycles. The highest BCUT2D eigenvalue weighted by atomic mass is 16.7. The third-order valence-electron chi connectivity index (χ3n) is 9.72. The molecule has 1 aromatic rings. The summed E-state index contributed by atoms with van der Waals surface area (Å²) in [5.74, 6) is 0.427. The van der Waals surface area contributed by atoms with Crippen LogP contribution in [-0.2, 0) is 34.8 Å². The number of rotatable bonds is 17. The van der Waals surface area contributed by atoms with Gasteiger partial charge in [0, 0.05) is 38.8 Å². The van der Waals surface area contributed by atoms with E-state index >= 15 is 0 Å². The van der Waals surface area contributed by atoms with Crippen molar-refractivity contribution in [2.75, 3.05) is 26.4 Å². The van der Waals surface area contributed by atoms with Crippen LogP contribution < -0.4 is 0 Å².